The van der Waals surface area contributed by atoms with E-state index in [1.165, 1.54) is 79.5 Å². The second-order valence-corrected chi connectivity index (χ2v) is 9.53. The first-order valence-electron chi connectivity index (χ1n) is 11.0. The van der Waals surface area contributed by atoms with E-state index in [0.717, 1.165) is 16.6 Å². The molecule has 146 valence electrons. The molecule has 28 heavy (non-hydrogen) atoms. The first-order chi connectivity index (χ1) is 13.8. The largest absolute Gasteiger partial charge is 0.382 e. The van der Waals surface area contributed by atoms with Crippen LogP contribution in [0, 0.1) is 0 Å². The Morgan fingerprint density at radius 2 is 1.64 bits per heavy atom. The van der Waals surface area contributed by atoms with Gasteiger partial charge in [0.15, 0.2) is 0 Å². The number of rotatable bonds is 3. The van der Waals surface area contributed by atoms with Gasteiger partial charge in [-0.25, -0.2) is 4.98 Å². The van der Waals surface area contributed by atoms with Gasteiger partial charge in [-0.05, 0) is 62.1 Å². The molecule has 2 saturated carbocycles. The molecule has 0 radical (unpaired) electrons. The van der Waals surface area contributed by atoms with Crippen molar-refractivity contribution in [3.63, 3.8) is 0 Å². The first kappa shape index (κ1) is 18.1. The molecule has 0 bridgehead atoms. The van der Waals surface area contributed by atoms with E-state index < -0.39 is 0 Å². The van der Waals surface area contributed by atoms with Gasteiger partial charge in [-0.3, -0.25) is 4.99 Å². The van der Waals surface area contributed by atoms with Crippen LogP contribution in [0.15, 0.2) is 41.4 Å². The van der Waals surface area contributed by atoms with Gasteiger partial charge in [0.25, 0.3) is 0 Å². The molecule has 3 nitrogen and oxygen atoms in total. The Hall–Kier alpha value is -1.94. The standard InChI is InChI=1S/C24H29N3S/c1-3-7-17(8-4-1)25-19-11-13-21-23(15-19)28-24-16-20(12-14-22(24)27-21)26-18-9-5-2-6-10-18/h11-18,25H,1-10H2. The zero-order chi connectivity index (χ0) is 18.8. The molecule has 0 amide bonds. The summed E-state index contributed by atoms with van der Waals surface area (Å²) >= 11 is 1.84. The van der Waals surface area contributed by atoms with Crippen LogP contribution >= 0.6 is 11.3 Å². The zero-order valence-electron chi connectivity index (χ0n) is 16.5. The van der Waals surface area contributed by atoms with E-state index in [4.69, 9.17) is 9.98 Å². The van der Waals surface area contributed by atoms with Gasteiger partial charge in [-0.1, -0.05) is 38.5 Å². The molecule has 0 aromatic heterocycles. The SMILES string of the molecule is c1cc2nc3ccc(=NC4CCCCC4)cc-3sc2cc1NC1CCCCC1. The average Bonchev–Trinajstić information content (AvgIpc) is 2.74. The molecule has 5 rings (SSSR count). The second-order valence-electron chi connectivity index (χ2n) is 8.45. The van der Waals surface area contributed by atoms with Crippen molar-refractivity contribution in [1.82, 2.24) is 4.98 Å². The third-order valence-corrected chi connectivity index (χ3v) is 7.34. The highest BCUT2D eigenvalue weighted by Gasteiger charge is 2.14. The van der Waals surface area contributed by atoms with E-state index in [2.05, 4.69) is 41.7 Å². The molecule has 1 aromatic rings. The van der Waals surface area contributed by atoms with E-state index in [0.29, 0.717) is 12.1 Å². The molecule has 3 aliphatic carbocycles. The van der Waals surface area contributed by atoms with Crippen LogP contribution in [0.3, 0.4) is 0 Å². The van der Waals surface area contributed by atoms with Gasteiger partial charge in [-0.15, -0.1) is 11.3 Å². The normalized spacial score (nSPS) is 20.1. The quantitative estimate of drug-likeness (QED) is 0.526. The maximum absolute atomic E-state index is 5.01. The number of benzene rings is 2. The Balaban J connectivity index is 1.45. The minimum atomic E-state index is 0.510. The summed E-state index contributed by atoms with van der Waals surface area (Å²) < 4.78 is 1.25. The van der Waals surface area contributed by atoms with Crippen LogP contribution in [-0.2, 0) is 0 Å². The molecular weight excluding hydrogens is 362 g/mol. The van der Waals surface area contributed by atoms with E-state index >= 15 is 0 Å². The molecule has 1 aromatic carbocycles. The smallest absolute Gasteiger partial charge is 0.0811 e. The van der Waals surface area contributed by atoms with Crippen LogP contribution in [-0.4, -0.2) is 17.1 Å². The monoisotopic (exact) mass is 391 g/mol. The summed E-state index contributed by atoms with van der Waals surface area (Å²) in [5.74, 6) is 0. The van der Waals surface area contributed by atoms with Crippen molar-refractivity contribution >= 4 is 27.2 Å². The average molecular weight is 392 g/mol. The van der Waals surface area contributed by atoms with Crippen LogP contribution in [0.1, 0.15) is 64.2 Å². The Labute approximate surface area is 171 Å². The summed E-state index contributed by atoms with van der Waals surface area (Å²) in [5.41, 5.74) is 3.40. The second kappa shape index (κ2) is 8.20. The molecule has 0 spiro atoms. The molecule has 0 unspecified atom stereocenters. The van der Waals surface area contributed by atoms with Crippen LogP contribution in [0.25, 0.3) is 20.8 Å². The molecule has 2 fully saturated rings. The highest BCUT2D eigenvalue weighted by molar-refractivity contribution is 7.21. The van der Waals surface area contributed by atoms with Gasteiger partial charge in [0.05, 0.1) is 32.2 Å². The van der Waals surface area contributed by atoms with Crippen molar-refractivity contribution < 1.29 is 0 Å². The lowest BCUT2D eigenvalue weighted by Crippen LogP contribution is -2.22. The summed E-state index contributed by atoms with van der Waals surface area (Å²) in [4.78, 5) is 11.1. The minimum absolute atomic E-state index is 0.510. The summed E-state index contributed by atoms with van der Waals surface area (Å²) in [5, 5.41) is 4.87. The Morgan fingerprint density at radius 3 is 2.46 bits per heavy atom. The fraction of sp³-hybridized carbons (Fsp3) is 0.500. The Bertz CT molecular complexity index is 981. The molecular formula is C24H29N3S. The van der Waals surface area contributed by atoms with Crippen LogP contribution < -0.4 is 10.7 Å². The molecule has 1 heterocycles. The minimum Gasteiger partial charge on any atom is -0.382 e. The van der Waals surface area contributed by atoms with Crippen molar-refractivity contribution in [2.45, 2.75) is 76.3 Å². The highest BCUT2D eigenvalue weighted by atomic mass is 32.1. The number of anilines is 1. The predicted molar refractivity (Wildman–Crippen MR) is 119 cm³/mol. The van der Waals surface area contributed by atoms with Gasteiger partial charge in [0, 0.05) is 11.7 Å². The lowest BCUT2D eigenvalue weighted by Gasteiger charge is -2.24. The molecule has 4 aliphatic rings. The highest BCUT2D eigenvalue weighted by Crippen LogP contribution is 2.32. The van der Waals surface area contributed by atoms with Crippen LogP contribution in [0.2, 0.25) is 0 Å². The number of nitrogens with zero attached hydrogens (tertiary/aromatic N) is 2. The lowest BCUT2D eigenvalue weighted by atomic mass is 9.95. The third-order valence-electron chi connectivity index (χ3n) is 6.25. The van der Waals surface area contributed by atoms with E-state index in [1.54, 1.807) is 0 Å². The summed E-state index contributed by atoms with van der Waals surface area (Å²) in [7, 11) is 0. The van der Waals surface area contributed by atoms with Crippen LogP contribution in [0.4, 0.5) is 5.69 Å². The fourth-order valence-electron chi connectivity index (χ4n) is 4.69. The van der Waals surface area contributed by atoms with Crippen molar-refractivity contribution in [2.75, 3.05) is 5.32 Å². The molecule has 0 saturated heterocycles. The van der Waals surface area contributed by atoms with Gasteiger partial charge in [-0.2, -0.15) is 0 Å². The Kier molecular flexibility index (Phi) is 5.30. The van der Waals surface area contributed by atoms with Gasteiger partial charge in [0.2, 0.25) is 0 Å². The van der Waals surface area contributed by atoms with Crippen molar-refractivity contribution in [1.29, 1.82) is 0 Å². The number of hydrogen-bond donors (Lipinski definition) is 1. The molecule has 1 aliphatic heterocycles. The van der Waals surface area contributed by atoms with Gasteiger partial charge >= 0.3 is 0 Å². The number of aromatic nitrogens is 1. The maximum atomic E-state index is 5.01. The van der Waals surface area contributed by atoms with Crippen molar-refractivity contribution in [2.24, 2.45) is 4.99 Å². The third kappa shape index (κ3) is 4.07. The fourth-order valence-corrected chi connectivity index (χ4v) is 5.73. The van der Waals surface area contributed by atoms with Gasteiger partial charge < -0.3 is 5.32 Å². The Morgan fingerprint density at radius 1 is 0.857 bits per heavy atom. The maximum Gasteiger partial charge on any atom is 0.0811 e. The van der Waals surface area contributed by atoms with Gasteiger partial charge in [0.1, 0.15) is 0 Å². The number of hydrogen-bond acceptors (Lipinski definition) is 4. The topological polar surface area (TPSA) is 37.3 Å². The predicted octanol–water partition coefficient (Wildman–Crippen LogP) is 6.38. The molecule has 4 heteroatoms. The van der Waals surface area contributed by atoms with E-state index in [1.807, 2.05) is 11.3 Å². The lowest BCUT2D eigenvalue weighted by molar-refractivity contribution is 0.437. The van der Waals surface area contributed by atoms with E-state index in [-0.39, 0.29) is 0 Å². The first-order valence-corrected chi connectivity index (χ1v) is 11.8. The van der Waals surface area contributed by atoms with Crippen molar-refractivity contribution in [3.8, 4) is 10.6 Å². The van der Waals surface area contributed by atoms with E-state index in [9.17, 15) is 0 Å². The molecule has 1 N–H and O–H groups in total. The molecule has 0 atom stereocenters. The number of fused-ring (bicyclic) bond motifs is 2. The summed E-state index contributed by atoms with van der Waals surface area (Å²) in [6.45, 7) is 0. The zero-order valence-corrected chi connectivity index (χ0v) is 17.3. The van der Waals surface area contributed by atoms with Crippen LogP contribution in [0.5, 0.6) is 0 Å². The van der Waals surface area contributed by atoms with Crippen molar-refractivity contribution in [3.05, 3.63) is 41.8 Å². The number of nitrogens with one attached hydrogen (secondary N) is 1. The summed E-state index contributed by atoms with van der Waals surface area (Å²) in [6, 6.07) is 14.3. The summed E-state index contributed by atoms with van der Waals surface area (Å²) in [6.07, 6.45) is 13.2.